The molecule has 0 spiro atoms. The van der Waals surface area contributed by atoms with E-state index in [2.05, 4.69) is 45.4 Å². The molecule has 4 fully saturated rings. The van der Waals surface area contributed by atoms with E-state index in [1.165, 1.54) is 0 Å². The summed E-state index contributed by atoms with van der Waals surface area (Å²) in [5, 5.41) is 20.5. The molecule has 2 aliphatic carbocycles. The van der Waals surface area contributed by atoms with Gasteiger partial charge >= 0.3 is 0 Å². The number of carbonyl (C=O) groups excluding carboxylic acids is 2. The molecule has 4 N–H and O–H groups in total. The predicted octanol–water partition coefficient (Wildman–Crippen LogP) is 3.69. The van der Waals surface area contributed by atoms with Crippen LogP contribution in [0.15, 0.2) is 21.2 Å². The number of carbonyl (C=O) groups is 2. The molecule has 212 valence electrons. The van der Waals surface area contributed by atoms with E-state index < -0.39 is 0 Å². The number of rotatable bonds is 6. The van der Waals surface area contributed by atoms with Gasteiger partial charge in [-0.25, -0.2) is 0 Å². The molecule has 2 amide bonds. The van der Waals surface area contributed by atoms with Crippen LogP contribution < -0.4 is 21.3 Å². The van der Waals surface area contributed by atoms with Crippen LogP contribution in [0.5, 0.6) is 0 Å². The quantitative estimate of drug-likeness (QED) is 0.413. The highest BCUT2D eigenvalue weighted by molar-refractivity contribution is 5.93. The number of hydrogen-bond acceptors (Lipinski definition) is 8. The van der Waals surface area contributed by atoms with Gasteiger partial charge in [-0.15, -0.1) is 24.8 Å². The summed E-state index contributed by atoms with van der Waals surface area (Å²) >= 11 is 0. The highest BCUT2D eigenvalue weighted by Crippen LogP contribution is 2.40. The zero-order chi connectivity index (χ0) is 25.1. The summed E-state index contributed by atoms with van der Waals surface area (Å²) in [5.74, 6) is 2.50. The van der Waals surface area contributed by atoms with Crippen LogP contribution in [-0.2, 0) is 0 Å². The van der Waals surface area contributed by atoms with E-state index in [0.29, 0.717) is 35.3 Å². The van der Waals surface area contributed by atoms with Gasteiger partial charge in [0.05, 0.1) is 0 Å². The topological polar surface area (TPSA) is 134 Å². The van der Waals surface area contributed by atoms with E-state index in [1.54, 1.807) is 12.1 Å². The molecule has 2 saturated carbocycles. The van der Waals surface area contributed by atoms with E-state index in [9.17, 15) is 9.59 Å². The predicted molar refractivity (Wildman–Crippen MR) is 147 cm³/mol. The van der Waals surface area contributed by atoms with Crippen LogP contribution in [0.3, 0.4) is 0 Å². The first-order valence-electron chi connectivity index (χ1n) is 13.5. The van der Waals surface area contributed by atoms with Crippen LogP contribution in [0.1, 0.15) is 110 Å². The number of halogens is 2. The van der Waals surface area contributed by atoms with Crippen molar-refractivity contribution in [1.29, 1.82) is 0 Å². The molecule has 2 saturated heterocycles. The summed E-state index contributed by atoms with van der Waals surface area (Å²) in [6.07, 6.45) is 8.51. The molecule has 6 rings (SSSR count). The number of amides is 2. The second kappa shape index (κ2) is 13.8. The largest absolute Gasteiger partial charge is 0.360 e. The summed E-state index contributed by atoms with van der Waals surface area (Å²) < 4.78 is 10.4. The maximum absolute atomic E-state index is 12.0. The molecule has 12 heteroatoms. The van der Waals surface area contributed by atoms with Crippen molar-refractivity contribution in [3.8, 4) is 0 Å². The van der Waals surface area contributed by atoms with Crippen molar-refractivity contribution in [2.45, 2.75) is 101 Å². The Bertz CT molecular complexity index is 972. The summed E-state index contributed by atoms with van der Waals surface area (Å²) in [7, 11) is 0. The van der Waals surface area contributed by atoms with Crippen molar-refractivity contribution >= 4 is 36.6 Å². The lowest BCUT2D eigenvalue weighted by atomic mass is 10.0. The molecular formula is C26H40Cl2N6O4. The van der Waals surface area contributed by atoms with Crippen LogP contribution in [0.2, 0.25) is 0 Å². The Morgan fingerprint density at radius 2 is 1.13 bits per heavy atom. The normalized spacial score (nSPS) is 26.6. The average molecular weight is 572 g/mol. The highest BCUT2D eigenvalue weighted by atomic mass is 35.5. The molecule has 0 aromatic carbocycles. The highest BCUT2D eigenvalue weighted by Gasteiger charge is 2.30. The molecule has 4 atom stereocenters. The molecular weight excluding hydrogens is 531 g/mol. The van der Waals surface area contributed by atoms with E-state index in [4.69, 9.17) is 9.05 Å². The first kappa shape index (κ1) is 30.4. The Hall–Kier alpha value is -2.14. The van der Waals surface area contributed by atoms with Crippen molar-refractivity contribution < 1.29 is 18.6 Å². The Kier molecular flexibility index (Phi) is 11.0. The van der Waals surface area contributed by atoms with Gasteiger partial charge in [0.2, 0.25) is 0 Å². The molecule has 0 unspecified atom stereocenters. The third kappa shape index (κ3) is 8.43. The van der Waals surface area contributed by atoms with Gasteiger partial charge in [0.1, 0.15) is 11.5 Å². The number of nitrogens with zero attached hydrogens (tertiary/aromatic N) is 2. The SMILES string of the molecule is C[C@H]1C[C@@H](NC(=O)c2cc(C3CC3)on2)CCN1.C[C@H]1C[C@H](NC(=O)c2cc(C3CC3)on2)CCN1.Cl.Cl. The number of nitrogens with one attached hydrogen (secondary N) is 4. The monoisotopic (exact) mass is 570 g/mol. The molecule has 4 heterocycles. The zero-order valence-corrected chi connectivity index (χ0v) is 23.7. The minimum atomic E-state index is -0.107. The lowest BCUT2D eigenvalue weighted by Crippen LogP contribution is -2.46. The van der Waals surface area contributed by atoms with Gasteiger partial charge in [-0.3, -0.25) is 9.59 Å². The summed E-state index contributed by atoms with van der Waals surface area (Å²) in [6.45, 7) is 6.19. The lowest BCUT2D eigenvalue weighted by Gasteiger charge is -2.28. The van der Waals surface area contributed by atoms with Crippen molar-refractivity contribution in [1.82, 2.24) is 31.6 Å². The van der Waals surface area contributed by atoms with Crippen LogP contribution in [0.25, 0.3) is 0 Å². The minimum Gasteiger partial charge on any atom is -0.360 e. The fourth-order valence-corrected chi connectivity index (χ4v) is 4.96. The van der Waals surface area contributed by atoms with Gasteiger partial charge in [-0.05, 0) is 78.3 Å². The molecule has 4 aliphatic rings. The van der Waals surface area contributed by atoms with Crippen molar-refractivity contribution in [3.63, 3.8) is 0 Å². The molecule has 2 aromatic heterocycles. The van der Waals surface area contributed by atoms with Gasteiger partial charge in [0, 0.05) is 48.1 Å². The van der Waals surface area contributed by atoms with E-state index >= 15 is 0 Å². The lowest BCUT2D eigenvalue weighted by molar-refractivity contribution is 0.0907. The fourth-order valence-electron chi connectivity index (χ4n) is 4.96. The maximum Gasteiger partial charge on any atom is 0.273 e. The zero-order valence-electron chi connectivity index (χ0n) is 22.0. The standard InChI is InChI=1S/2C13H19N3O2.2ClH/c2*1-8-6-10(4-5-14-8)15-13(17)11-7-12(18-16-11)9-2-3-9;;/h2*7-10,14H,2-6H2,1H3,(H,15,17);2*1H/t8-,10+;8-,10-;;/m00../s1. The van der Waals surface area contributed by atoms with Gasteiger partial charge in [0.15, 0.2) is 11.4 Å². The summed E-state index contributed by atoms with van der Waals surface area (Å²) in [6, 6.07) is 4.99. The van der Waals surface area contributed by atoms with Crippen molar-refractivity contribution in [2.75, 3.05) is 13.1 Å². The minimum absolute atomic E-state index is 0. The maximum atomic E-state index is 12.0. The molecule has 2 aliphatic heterocycles. The Morgan fingerprint density at radius 3 is 1.47 bits per heavy atom. The van der Waals surface area contributed by atoms with Gasteiger partial charge in [0.25, 0.3) is 11.8 Å². The van der Waals surface area contributed by atoms with Crippen LogP contribution >= 0.6 is 24.8 Å². The van der Waals surface area contributed by atoms with E-state index in [1.807, 2.05) is 0 Å². The molecule has 0 radical (unpaired) electrons. The van der Waals surface area contributed by atoms with Crippen LogP contribution in [-0.4, -0.2) is 59.4 Å². The molecule has 2 aromatic rings. The molecule has 10 nitrogen and oxygen atoms in total. The average Bonchev–Trinajstić information content (AvgIpc) is 3.79. The third-order valence-corrected chi connectivity index (χ3v) is 7.40. The first-order valence-corrected chi connectivity index (χ1v) is 13.5. The first-order chi connectivity index (χ1) is 17.4. The van der Waals surface area contributed by atoms with Crippen molar-refractivity contribution in [3.05, 3.63) is 35.0 Å². The van der Waals surface area contributed by atoms with Gasteiger partial charge in [-0.1, -0.05) is 10.3 Å². The summed E-state index contributed by atoms with van der Waals surface area (Å²) in [4.78, 5) is 24.0. The van der Waals surface area contributed by atoms with E-state index in [-0.39, 0.29) is 48.7 Å². The second-order valence-electron chi connectivity index (χ2n) is 10.9. The van der Waals surface area contributed by atoms with E-state index in [0.717, 1.165) is 76.0 Å². The third-order valence-electron chi connectivity index (χ3n) is 7.40. The van der Waals surface area contributed by atoms with Crippen LogP contribution in [0.4, 0.5) is 0 Å². The van der Waals surface area contributed by atoms with Crippen molar-refractivity contribution in [2.24, 2.45) is 0 Å². The molecule has 38 heavy (non-hydrogen) atoms. The van der Waals surface area contributed by atoms with Gasteiger partial charge in [-0.2, -0.15) is 0 Å². The van der Waals surface area contributed by atoms with Gasteiger partial charge < -0.3 is 30.3 Å². The Morgan fingerprint density at radius 1 is 0.737 bits per heavy atom. The van der Waals surface area contributed by atoms with Crippen LogP contribution in [0, 0.1) is 0 Å². The number of hydrogen-bond donors (Lipinski definition) is 4. The molecule has 0 bridgehead atoms. The number of aromatic nitrogens is 2. The smallest absolute Gasteiger partial charge is 0.273 e. The Labute approximate surface area is 236 Å². The fraction of sp³-hybridized carbons (Fsp3) is 0.692. The second-order valence-corrected chi connectivity index (χ2v) is 10.9. The summed E-state index contributed by atoms with van der Waals surface area (Å²) in [5.41, 5.74) is 0.839. The Balaban J connectivity index is 0.000000200. The number of piperidine rings is 2.